The van der Waals surface area contributed by atoms with Crippen LogP contribution in [0.4, 0.5) is 18.9 Å². The first-order valence-electron chi connectivity index (χ1n) is 6.34. The smallest absolute Gasteiger partial charge is 0.404 e. The number of ether oxygens (including phenoxy) is 1. The number of nitrogens with one attached hydrogen (secondary N) is 2. The minimum atomic E-state index is -4.66. The van der Waals surface area contributed by atoms with Crippen LogP contribution in [0, 0.1) is 5.92 Å². The van der Waals surface area contributed by atoms with Crippen molar-refractivity contribution in [2.24, 2.45) is 5.92 Å². The third-order valence-corrected chi connectivity index (χ3v) is 3.09. The lowest BCUT2D eigenvalue weighted by atomic mass is 10.00. The van der Waals surface area contributed by atoms with Crippen molar-refractivity contribution in [3.63, 3.8) is 0 Å². The number of rotatable bonds is 4. The molecule has 0 aromatic heterocycles. The Morgan fingerprint density at radius 1 is 1.32 bits per heavy atom. The summed E-state index contributed by atoms with van der Waals surface area (Å²) in [6.45, 7) is 2.56. The van der Waals surface area contributed by atoms with E-state index in [1.54, 1.807) is 12.1 Å². The van der Waals surface area contributed by atoms with E-state index in [0.717, 1.165) is 25.9 Å². The van der Waals surface area contributed by atoms with Crippen molar-refractivity contribution in [3.05, 3.63) is 24.3 Å². The van der Waals surface area contributed by atoms with Gasteiger partial charge in [0, 0.05) is 6.54 Å². The van der Waals surface area contributed by atoms with Gasteiger partial charge in [-0.15, -0.1) is 13.2 Å². The molecule has 1 unspecified atom stereocenters. The molecule has 106 valence electrons. The van der Waals surface area contributed by atoms with Gasteiger partial charge in [-0.3, -0.25) is 0 Å². The topological polar surface area (TPSA) is 33.3 Å². The van der Waals surface area contributed by atoms with Gasteiger partial charge in [-0.25, -0.2) is 0 Å². The summed E-state index contributed by atoms with van der Waals surface area (Å²) < 4.78 is 40.8. The van der Waals surface area contributed by atoms with E-state index in [0.29, 0.717) is 18.2 Å². The highest BCUT2D eigenvalue weighted by Crippen LogP contribution is 2.30. The van der Waals surface area contributed by atoms with Crippen molar-refractivity contribution in [2.75, 3.05) is 25.0 Å². The predicted molar refractivity (Wildman–Crippen MR) is 67.2 cm³/mol. The Labute approximate surface area is 110 Å². The first-order valence-corrected chi connectivity index (χ1v) is 6.34. The van der Waals surface area contributed by atoms with Crippen LogP contribution in [0.1, 0.15) is 12.8 Å². The van der Waals surface area contributed by atoms with Crippen LogP contribution in [0.3, 0.4) is 0 Å². The molecular formula is C13H17F3N2O. The summed E-state index contributed by atoms with van der Waals surface area (Å²) in [4.78, 5) is 0. The van der Waals surface area contributed by atoms with E-state index in [1.165, 1.54) is 12.1 Å². The second-order valence-corrected chi connectivity index (χ2v) is 4.64. The van der Waals surface area contributed by atoms with Crippen LogP contribution in [-0.4, -0.2) is 26.0 Å². The monoisotopic (exact) mass is 274 g/mol. The van der Waals surface area contributed by atoms with Gasteiger partial charge >= 0.3 is 6.36 Å². The molecule has 1 saturated heterocycles. The average Bonchev–Trinajstić information content (AvgIpc) is 2.37. The first kappa shape index (κ1) is 14.0. The number of halogens is 3. The highest BCUT2D eigenvalue weighted by Gasteiger charge is 2.32. The van der Waals surface area contributed by atoms with Gasteiger partial charge in [-0.1, -0.05) is 12.1 Å². The number of hydrogen-bond donors (Lipinski definition) is 2. The molecule has 2 N–H and O–H groups in total. The third kappa shape index (κ3) is 4.63. The van der Waals surface area contributed by atoms with Crippen molar-refractivity contribution in [1.29, 1.82) is 0 Å². The third-order valence-electron chi connectivity index (χ3n) is 3.09. The van der Waals surface area contributed by atoms with E-state index in [1.807, 2.05) is 0 Å². The summed E-state index contributed by atoms with van der Waals surface area (Å²) in [6.07, 6.45) is -2.47. The Morgan fingerprint density at radius 2 is 2.11 bits per heavy atom. The second kappa shape index (κ2) is 6.14. The van der Waals surface area contributed by atoms with Gasteiger partial charge in [0.15, 0.2) is 5.75 Å². The predicted octanol–water partition coefficient (Wildman–Crippen LogP) is 3.00. The molecule has 19 heavy (non-hydrogen) atoms. The summed E-state index contributed by atoms with van der Waals surface area (Å²) in [6, 6.07) is 6.12. The summed E-state index contributed by atoms with van der Waals surface area (Å²) in [5.74, 6) is 0.256. The molecule has 1 fully saturated rings. The van der Waals surface area contributed by atoms with E-state index in [9.17, 15) is 13.2 Å². The maximum absolute atomic E-state index is 12.3. The van der Waals surface area contributed by atoms with Gasteiger partial charge in [0.1, 0.15) is 0 Å². The zero-order chi connectivity index (χ0) is 13.7. The highest BCUT2D eigenvalue weighted by molar-refractivity contribution is 5.56. The molecule has 1 aromatic rings. The zero-order valence-corrected chi connectivity index (χ0v) is 10.5. The summed E-state index contributed by atoms with van der Waals surface area (Å²) >= 11 is 0. The largest absolute Gasteiger partial charge is 0.573 e. The van der Waals surface area contributed by atoms with E-state index in [-0.39, 0.29) is 5.75 Å². The molecule has 0 radical (unpaired) electrons. The van der Waals surface area contributed by atoms with Gasteiger partial charge < -0.3 is 15.4 Å². The number of benzene rings is 1. The van der Waals surface area contributed by atoms with E-state index in [4.69, 9.17) is 0 Å². The fourth-order valence-corrected chi connectivity index (χ4v) is 2.18. The van der Waals surface area contributed by atoms with E-state index in [2.05, 4.69) is 15.4 Å². The maximum atomic E-state index is 12.3. The molecule has 1 heterocycles. The van der Waals surface area contributed by atoms with Crippen molar-refractivity contribution in [1.82, 2.24) is 5.32 Å². The Kier molecular flexibility index (Phi) is 4.52. The fourth-order valence-electron chi connectivity index (χ4n) is 2.18. The molecule has 1 atom stereocenters. The van der Waals surface area contributed by atoms with Crippen molar-refractivity contribution in [2.45, 2.75) is 19.2 Å². The Hall–Kier alpha value is -1.43. The van der Waals surface area contributed by atoms with Crippen LogP contribution in [0.5, 0.6) is 5.75 Å². The zero-order valence-electron chi connectivity index (χ0n) is 10.5. The van der Waals surface area contributed by atoms with Crippen LogP contribution in [0.2, 0.25) is 0 Å². The molecule has 6 heteroatoms. The number of hydrogen-bond acceptors (Lipinski definition) is 3. The van der Waals surface area contributed by atoms with E-state index >= 15 is 0 Å². The molecule has 0 amide bonds. The van der Waals surface area contributed by atoms with E-state index < -0.39 is 6.36 Å². The van der Waals surface area contributed by atoms with Crippen LogP contribution in [0.15, 0.2) is 24.3 Å². The standard InChI is InChI=1S/C13H17F3N2O/c14-13(15,16)19-12-6-2-1-5-11(12)18-9-10-4-3-7-17-8-10/h1-2,5-6,10,17-18H,3-4,7-9H2. The maximum Gasteiger partial charge on any atom is 0.573 e. The van der Waals surface area contributed by atoms with Crippen LogP contribution in [-0.2, 0) is 0 Å². The molecule has 0 bridgehead atoms. The molecule has 2 rings (SSSR count). The summed E-state index contributed by atoms with van der Waals surface area (Å²) in [7, 11) is 0. The van der Waals surface area contributed by atoms with Gasteiger partial charge in [-0.2, -0.15) is 0 Å². The number of piperidine rings is 1. The molecular weight excluding hydrogens is 257 g/mol. The SMILES string of the molecule is FC(F)(F)Oc1ccccc1NCC1CCCNC1. The molecule has 1 aliphatic rings. The quantitative estimate of drug-likeness (QED) is 0.885. The fraction of sp³-hybridized carbons (Fsp3) is 0.538. The van der Waals surface area contributed by atoms with Gasteiger partial charge in [0.05, 0.1) is 5.69 Å². The number of alkyl halides is 3. The summed E-state index contributed by atoms with van der Waals surface area (Å²) in [5, 5.41) is 6.31. The van der Waals surface area contributed by atoms with Crippen LogP contribution >= 0.6 is 0 Å². The normalized spacial score (nSPS) is 20.1. The lowest BCUT2D eigenvalue weighted by Gasteiger charge is -2.24. The molecule has 1 aromatic carbocycles. The lowest BCUT2D eigenvalue weighted by Crippen LogP contribution is -2.33. The number of anilines is 1. The lowest BCUT2D eigenvalue weighted by molar-refractivity contribution is -0.274. The Bertz CT molecular complexity index is 403. The minimum Gasteiger partial charge on any atom is -0.404 e. The van der Waals surface area contributed by atoms with Crippen molar-refractivity contribution in [3.8, 4) is 5.75 Å². The average molecular weight is 274 g/mol. The molecule has 3 nitrogen and oxygen atoms in total. The van der Waals surface area contributed by atoms with Crippen molar-refractivity contribution >= 4 is 5.69 Å². The van der Waals surface area contributed by atoms with Gasteiger partial charge in [0.25, 0.3) is 0 Å². The van der Waals surface area contributed by atoms with Crippen molar-refractivity contribution < 1.29 is 17.9 Å². The van der Waals surface area contributed by atoms with Crippen LogP contribution < -0.4 is 15.4 Å². The Balaban J connectivity index is 1.95. The molecule has 1 aliphatic heterocycles. The van der Waals surface area contributed by atoms with Crippen LogP contribution in [0.25, 0.3) is 0 Å². The molecule has 0 saturated carbocycles. The second-order valence-electron chi connectivity index (χ2n) is 4.64. The van der Waals surface area contributed by atoms with Gasteiger partial charge in [-0.05, 0) is 44.0 Å². The number of para-hydroxylation sites is 2. The molecule has 0 spiro atoms. The van der Waals surface area contributed by atoms with Gasteiger partial charge in [0.2, 0.25) is 0 Å². The molecule has 0 aliphatic carbocycles. The minimum absolute atomic E-state index is 0.182. The Morgan fingerprint density at radius 3 is 2.79 bits per heavy atom. The summed E-state index contributed by atoms with van der Waals surface area (Å²) in [5.41, 5.74) is 0.380. The first-order chi connectivity index (χ1) is 9.04. The highest BCUT2D eigenvalue weighted by atomic mass is 19.4.